The van der Waals surface area contributed by atoms with E-state index >= 15 is 0 Å². The Kier molecular flexibility index (Phi) is 3.63. The molecule has 1 aliphatic rings. The molecule has 0 bridgehead atoms. The Hall–Kier alpha value is -1.47. The molecule has 1 fully saturated rings. The molecule has 2 rings (SSSR count). The smallest absolute Gasteiger partial charge is 0.329 e. The van der Waals surface area contributed by atoms with Crippen LogP contribution in [0.4, 0.5) is 0 Å². The van der Waals surface area contributed by atoms with Gasteiger partial charge in [0.05, 0.1) is 12.1 Å². The zero-order chi connectivity index (χ0) is 13.2. The third-order valence-electron chi connectivity index (χ3n) is 2.83. The van der Waals surface area contributed by atoms with Gasteiger partial charge in [0.25, 0.3) is 0 Å². The van der Waals surface area contributed by atoms with Crippen molar-refractivity contribution in [3.8, 4) is 0 Å². The fourth-order valence-electron chi connectivity index (χ4n) is 2.03. The van der Waals surface area contributed by atoms with Gasteiger partial charge in [0.15, 0.2) is 0 Å². The first-order chi connectivity index (χ1) is 8.50. The summed E-state index contributed by atoms with van der Waals surface area (Å²) in [4.78, 5) is 12.5. The van der Waals surface area contributed by atoms with Crippen molar-refractivity contribution in [2.75, 3.05) is 19.7 Å². The van der Waals surface area contributed by atoms with Gasteiger partial charge in [-0.2, -0.15) is 0 Å². The second-order valence-corrected chi connectivity index (χ2v) is 4.72. The number of carbonyl (C=O) groups is 1. The SMILES string of the molecule is CCc1nnc(CN2CC(C)(OCC(=O)O)C2)o1. The quantitative estimate of drug-likeness (QED) is 0.782. The lowest BCUT2D eigenvalue weighted by Crippen LogP contribution is -2.61. The van der Waals surface area contributed by atoms with Crippen LogP contribution in [0.25, 0.3) is 0 Å². The van der Waals surface area contributed by atoms with Gasteiger partial charge in [0, 0.05) is 19.5 Å². The van der Waals surface area contributed by atoms with E-state index in [1.54, 1.807) is 0 Å². The monoisotopic (exact) mass is 255 g/mol. The summed E-state index contributed by atoms with van der Waals surface area (Å²) in [6.45, 7) is 5.52. The molecule has 0 aliphatic carbocycles. The third-order valence-corrected chi connectivity index (χ3v) is 2.83. The second kappa shape index (κ2) is 5.03. The Morgan fingerprint density at radius 1 is 1.50 bits per heavy atom. The van der Waals surface area contributed by atoms with Gasteiger partial charge in [-0.3, -0.25) is 4.90 Å². The van der Waals surface area contributed by atoms with Crippen LogP contribution in [0.2, 0.25) is 0 Å². The van der Waals surface area contributed by atoms with E-state index in [1.807, 2.05) is 13.8 Å². The van der Waals surface area contributed by atoms with E-state index in [-0.39, 0.29) is 12.2 Å². The van der Waals surface area contributed by atoms with Gasteiger partial charge in [-0.15, -0.1) is 10.2 Å². The molecule has 100 valence electrons. The lowest BCUT2D eigenvalue weighted by atomic mass is 9.96. The van der Waals surface area contributed by atoms with Gasteiger partial charge in [-0.25, -0.2) is 4.79 Å². The molecule has 18 heavy (non-hydrogen) atoms. The van der Waals surface area contributed by atoms with Crippen molar-refractivity contribution < 1.29 is 19.1 Å². The number of carboxylic acids is 1. The molecular formula is C11H17N3O4. The Balaban J connectivity index is 1.76. The third kappa shape index (κ3) is 3.05. The number of hydrogen-bond acceptors (Lipinski definition) is 6. The number of aryl methyl sites for hydroxylation is 1. The first kappa shape index (κ1) is 13.0. The van der Waals surface area contributed by atoms with Crippen LogP contribution >= 0.6 is 0 Å². The highest BCUT2D eigenvalue weighted by molar-refractivity contribution is 5.68. The van der Waals surface area contributed by atoms with E-state index in [9.17, 15) is 4.79 Å². The van der Waals surface area contributed by atoms with Gasteiger partial charge in [0.2, 0.25) is 11.8 Å². The number of carboxylic acid groups (broad SMARTS) is 1. The minimum absolute atomic E-state index is 0.259. The summed E-state index contributed by atoms with van der Waals surface area (Å²) in [6.07, 6.45) is 0.729. The number of aromatic nitrogens is 2. The van der Waals surface area contributed by atoms with Crippen molar-refractivity contribution in [2.45, 2.75) is 32.4 Å². The molecule has 0 atom stereocenters. The van der Waals surface area contributed by atoms with Gasteiger partial charge in [-0.1, -0.05) is 6.92 Å². The van der Waals surface area contributed by atoms with E-state index < -0.39 is 5.97 Å². The van der Waals surface area contributed by atoms with Crippen molar-refractivity contribution in [1.82, 2.24) is 15.1 Å². The molecule has 1 aromatic rings. The topological polar surface area (TPSA) is 88.7 Å². The standard InChI is InChI=1S/C11H17N3O4/c1-3-8-12-13-9(18-8)4-14-6-11(2,7-14)17-5-10(15)16/h3-7H2,1-2H3,(H,15,16). The maximum Gasteiger partial charge on any atom is 0.329 e. The molecule has 7 nitrogen and oxygen atoms in total. The predicted molar refractivity (Wildman–Crippen MR) is 60.9 cm³/mol. The van der Waals surface area contributed by atoms with Crippen LogP contribution in [0.5, 0.6) is 0 Å². The average molecular weight is 255 g/mol. The molecule has 7 heteroatoms. The molecule has 0 saturated carbocycles. The van der Waals surface area contributed by atoms with E-state index in [1.165, 1.54) is 0 Å². The van der Waals surface area contributed by atoms with Crippen molar-refractivity contribution in [3.63, 3.8) is 0 Å². The van der Waals surface area contributed by atoms with Crippen molar-refractivity contribution in [2.24, 2.45) is 0 Å². The highest BCUT2D eigenvalue weighted by Gasteiger charge is 2.40. The van der Waals surface area contributed by atoms with Crippen LogP contribution in [0, 0.1) is 0 Å². The van der Waals surface area contributed by atoms with Gasteiger partial charge in [0.1, 0.15) is 6.61 Å². The molecule has 1 N–H and O–H groups in total. The lowest BCUT2D eigenvalue weighted by Gasteiger charge is -2.46. The zero-order valence-electron chi connectivity index (χ0n) is 10.5. The van der Waals surface area contributed by atoms with Crippen molar-refractivity contribution in [3.05, 3.63) is 11.8 Å². The fourth-order valence-corrected chi connectivity index (χ4v) is 2.03. The Morgan fingerprint density at radius 2 is 2.17 bits per heavy atom. The number of hydrogen-bond donors (Lipinski definition) is 1. The van der Waals surface area contributed by atoms with E-state index in [0.29, 0.717) is 31.4 Å². The summed E-state index contributed by atoms with van der Waals surface area (Å²) in [7, 11) is 0. The summed E-state index contributed by atoms with van der Waals surface area (Å²) >= 11 is 0. The summed E-state index contributed by atoms with van der Waals surface area (Å²) < 4.78 is 10.7. The van der Waals surface area contributed by atoms with Crippen molar-refractivity contribution >= 4 is 5.97 Å². The molecule has 0 aromatic carbocycles. The minimum Gasteiger partial charge on any atom is -0.480 e. The molecule has 2 heterocycles. The average Bonchev–Trinajstić information content (AvgIpc) is 2.72. The van der Waals surface area contributed by atoms with Gasteiger partial charge >= 0.3 is 5.97 Å². The van der Waals surface area contributed by atoms with E-state index in [2.05, 4.69) is 15.1 Å². The van der Waals surface area contributed by atoms with Crippen LogP contribution in [-0.4, -0.2) is 51.5 Å². The molecule has 1 aromatic heterocycles. The highest BCUT2D eigenvalue weighted by Crippen LogP contribution is 2.25. The van der Waals surface area contributed by atoms with Crippen LogP contribution in [-0.2, 0) is 22.5 Å². The van der Waals surface area contributed by atoms with Crippen LogP contribution in [0.15, 0.2) is 4.42 Å². The van der Waals surface area contributed by atoms with E-state index in [0.717, 1.165) is 6.42 Å². The zero-order valence-corrected chi connectivity index (χ0v) is 10.5. The molecule has 0 spiro atoms. The van der Waals surface area contributed by atoms with Gasteiger partial charge < -0.3 is 14.3 Å². The van der Waals surface area contributed by atoms with Crippen LogP contribution in [0.1, 0.15) is 25.6 Å². The highest BCUT2D eigenvalue weighted by atomic mass is 16.5. The van der Waals surface area contributed by atoms with Gasteiger partial charge in [-0.05, 0) is 6.92 Å². The lowest BCUT2D eigenvalue weighted by molar-refractivity contribution is -0.166. The minimum atomic E-state index is -0.945. The van der Waals surface area contributed by atoms with Crippen molar-refractivity contribution in [1.29, 1.82) is 0 Å². The maximum absolute atomic E-state index is 10.4. The molecular weight excluding hydrogens is 238 g/mol. The number of aliphatic carboxylic acids is 1. The molecule has 1 aliphatic heterocycles. The van der Waals surface area contributed by atoms with Crippen LogP contribution < -0.4 is 0 Å². The first-order valence-corrected chi connectivity index (χ1v) is 5.90. The Bertz CT molecular complexity index is 426. The summed E-state index contributed by atoms with van der Waals surface area (Å²) in [5, 5.41) is 16.4. The molecule has 0 unspecified atom stereocenters. The Morgan fingerprint density at radius 3 is 2.72 bits per heavy atom. The Labute approximate surface area is 105 Å². The predicted octanol–water partition coefficient (Wildman–Crippen LogP) is 0.307. The van der Waals surface area contributed by atoms with E-state index in [4.69, 9.17) is 14.3 Å². The van der Waals surface area contributed by atoms with Crippen LogP contribution in [0.3, 0.4) is 0 Å². The summed E-state index contributed by atoms with van der Waals surface area (Å²) in [5.74, 6) is 0.279. The summed E-state index contributed by atoms with van der Waals surface area (Å²) in [6, 6.07) is 0. The summed E-state index contributed by atoms with van der Waals surface area (Å²) in [5.41, 5.74) is -0.383. The molecule has 0 amide bonds. The number of ether oxygens (including phenoxy) is 1. The fraction of sp³-hybridized carbons (Fsp3) is 0.727. The maximum atomic E-state index is 10.4. The normalized spacial score (nSPS) is 18.6. The molecule has 1 saturated heterocycles. The largest absolute Gasteiger partial charge is 0.480 e. The number of likely N-dealkylation sites (tertiary alicyclic amines) is 1. The second-order valence-electron chi connectivity index (χ2n) is 4.72. The number of nitrogens with zero attached hydrogens (tertiary/aromatic N) is 3. The first-order valence-electron chi connectivity index (χ1n) is 5.90. The number of rotatable bonds is 6. The molecule has 0 radical (unpaired) electrons.